The van der Waals surface area contributed by atoms with E-state index < -0.39 is 10.8 Å². The van der Waals surface area contributed by atoms with Crippen LogP contribution in [-0.2, 0) is 0 Å². The molecule has 1 aromatic rings. The summed E-state index contributed by atoms with van der Waals surface area (Å²) in [4.78, 5) is 20.6. The topological polar surface area (TPSA) is 112 Å². The smallest absolute Gasteiger partial charge is 0.294 e. The molecule has 7 heteroatoms. The van der Waals surface area contributed by atoms with Gasteiger partial charge in [0.1, 0.15) is 5.69 Å². The number of halogens is 1. The van der Waals surface area contributed by atoms with Crippen LogP contribution < -0.4 is 11.5 Å². The van der Waals surface area contributed by atoms with Gasteiger partial charge >= 0.3 is 0 Å². The van der Waals surface area contributed by atoms with Crippen LogP contribution in [0.4, 0.5) is 11.4 Å². The molecule has 0 saturated carbocycles. The quantitative estimate of drug-likeness (QED) is 0.469. The summed E-state index contributed by atoms with van der Waals surface area (Å²) in [6.45, 7) is 0. The standard InChI is InChI=1S/C7H6BrN3O3/c8-4-1-3(7(10)12)2-5(6(4)9)11(13)14/h1-2H,9H2,(H2,10,12). The predicted octanol–water partition coefficient (Wildman–Crippen LogP) is 1.04. The molecule has 4 N–H and O–H groups in total. The Labute approximate surface area is 87.2 Å². The van der Waals surface area contributed by atoms with Crippen molar-refractivity contribution in [3.8, 4) is 0 Å². The van der Waals surface area contributed by atoms with Crippen LogP contribution in [0.3, 0.4) is 0 Å². The fourth-order valence-corrected chi connectivity index (χ4v) is 1.35. The number of nitrogens with zero attached hydrogens (tertiary/aromatic N) is 1. The molecular weight excluding hydrogens is 254 g/mol. The lowest BCUT2D eigenvalue weighted by atomic mass is 10.1. The van der Waals surface area contributed by atoms with Crippen molar-refractivity contribution in [3.05, 3.63) is 32.3 Å². The van der Waals surface area contributed by atoms with Crippen LogP contribution in [0, 0.1) is 10.1 Å². The fourth-order valence-electron chi connectivity index (χ4n) is 0.897. The Balaban J connectivity index is 3.43. The van der Waals surface area contributed by atoms with Gasteiger partial charge in [-0.1, -0.05) is 0 Å². The Morgan fingerprint density at radius 2 is 2.07 bits per heavy atom. The number of nitrogen functional groups attached to an aromatic ring is 1. The van der Waals surface area contributed by atoms with Gasteiger partial charge in [0.15, 0.2) is 0 Å². The van der Waals surface area contributed by atoms with Gasteiger partial charge < -0.3 is 11.5 Å². The molecule has 0 fully saturated rings. The van der Waals surface area contributed by atoms with Gasteiger partial charge in [-0.25, -0.2) is 0 Å². The molecule has 0 spiro atoms. The highest BCUT2D eigenvalue weighted by molar-refractivity contribution is 9.10. The van der Waals surface area contributed by atoms with Crippen molar-refractivity contribution in [1.29, 1.82) is 0 Å². The highest BCUT2D eigenvalue weighted by atomic mass is 79.9. The van der Waals surface area contributed by atoms with Crippen LogP contribution in [0.5, 0.6) is 0 Å². The van der Waals surface area contributed by atoms with Crippen LogP contribution in [-0.4, -0.2) is 10.8 Å². The first-order chi connectivity index (χ1) is 6.43. The summed E-state index contributed by atoms with van der Waals surface area (Å²) >= 11 is 3.00. The number of hydrogen-bond donors (Lipinski definition) is 2. The van der Waals surface area contributed by atoms with E-state index in [-0.39, 0.29) is 21.4 Å². The third-order valence-electron chi connectivity index (χ3n) is 1.59. The van der Waals surface area contributed by atoms with Gasteiger partial charge in [0, 0.05) is 16.1 Å². The van der Waals surface area contributed by atoms with Gasteiger partial charge in [0.25, 0.3) is 5.69 Å². The molecule has 74 valence electrons. The number of nitrogens with two attached hydrogens (primary N) is 2. The fraction of sp³-hybridized carbons (Fsp3) is 0. The third kappa shape index (κ3) is 1.82. The van der Waals surface area contributed by atoms with E-state index in [4.69, 9.17) is 11.5 Å². The van der Waals surface area contributed by atoms with Crippen molar-refractivity contribution in [3.63, 3.8) is 0 Å². The molecule has 6 nitrogen and oxygen atoms in total. The second-order valence-corrected chi connectivity index (χ2v) is 3.37. The summed E-state index contributed by atoms with van der Waals surface area (Å²) in [6.07, 6.45) is 0. The first-order valence-electron chi connectivity index (χ1n) is 3.46. The number of amides is 1. The number of carbonyl (C=O) groups excluding carboxylic acids is 1. The molecule has 1 rings (SSSR count). The summed E-state index contributed by atoms with van der Waals surface area (Å²) in [7, 11) is 0. The second kappa shape index (κ2) is 3.62. The molecule has 0 aliphatic heterocycles. The molecule has 0 bridgehead atoms. The lowest BCUT2D eigenvalue weighted by Gasteiger charge is -2.02. The SMILES string of the molecule is NC(=O)c1cc(Br)c(N)c([N+](=O)[O-])c1. The zero-order valence-corrected chi connectivity index (χ0v) is 8.45. The minimum Gasteiger partial charge on any atom is -0.392 e. The molecular formula is C7H6BrN3O3. The highest BCUT2D eigenvalue weighted by Crippen LogP contribution is 2.30. The van der Waals surface area contributed by atoms with E-state index in [9.17, 15) is 14.9 Å². The maximum absolute atomic E-state index is 10.8. The van der Waals surface area contributed by atoms with Gasteiger partial charge in [-0.15, -0.1) is 0 Å². The van der Waals surface area contributed by atoms with Gasteiger partial charge in [-0.05, 0) is 22.0 Å². The van der Waals surface area contributed by atoms with Crippen LogP contribution >= 0.6 is 15.9 Å². The number of benzene rings is 1. The minimum atomic E-state index is -0.742. The molecule has 0 atom stereocenters. The molecule has 0 radical (unpaired) electrons. The lowest BCUT2D eigenvalue weighted by molar-refractivity contribution is -0.384. The van der Waals surface area contributed by atoms with Crippen molar-refractivity contribution < 1.29 is 9.72 Å². The average Bonchev–Trinajstić information content (AvgIpc) is 2.08. The number of anilines is 1. The number of carbonyl (C=O) groups is 1. The molecule has 0 aromatic heterocycles. The Morgan fingerprint density at radius 1 is 1.50 bits per heavy atom. The van der Waals surface area contributed by atoms with Gasteiger partial charge in [-0.2, -0.15) is 0 Å². The minimum absolute atomic E-state index is 0.0278. The predicted molar refractivity (Wildman–Crippen MR) is 53.7 cm³/mol. The van der Waals surface area contributed by atoms with E-state index in [2.05, 4.69) is 15.9 Å². The second-order valence-electron chi connectivity index (χ2n) is 2.51. The van der Waals surface area contributed by atoms with Crippen molar-refractivity contribution in [1.82, 2.24) is 0 Å². The lowest BCUT2D eigenvalue weighted by Crippen LogP contribution is -2.12. The zero-order chi connectivity index (χ0) is 10.9. The van der Waals surface area contributed by atoms with Gasteiger partial charge in [0.05, 0.1) is 4.92 Å². The first kappa shape index (κ1) is 10.5. The Morgan fingerprint density at radius 3 is 2.50 bits per heavy atom. The highest BCUT2D eigenvalue weighted by Gasteiger charge is 2.17. The summed E-state index contributed by atoms with van der Waals surface area (Å²) in [5, 5.41) is 10.5. The Kier molecular flexibility index (Phi) is 2.70. The largest absolute Gasteiger partial charge is 0.392 e. The maximum atomic E-state index is 10.8. The van der Waals surface area contributed by atoms with E-state index in [1.54, 1.807) is 0 Å². The van der Waals surface area contributed by atoms with Crippen molar-refractivity contribution in [2.75, 3.05) is 5.73 Å². The normalized spacial score (nSPS) is 9.79. The molecule has 1 amide bonds. The van der Waals surface area contributed by atoms with E-state index >= 15 is 0 Å². The van der Waals surface area contributed by atoms with E-state index in [1.165, 1.54) is 6.07 Å². The molecule has 14 heavy (non-hydrogen) atoms. The van der Waals surface area contributed by atoms with Crippen LogP contribution in [0.25, 0.3) is 0 Å². The molecule has 0 aliphatic rings. The van der Waals surface area contributed by atoms with Crippen LogP contribution in [0.15, 0.2) is 16.6 Å². The summed E-state index contributed by atoms with van der Waals surface area (Å²) in [5.74, 6) is -0.742. The summed E-state index contributed by atoms with van der Waals surface area (Å²) in [5.41, 5.74) is 10.1. The van der Waals surface area contributed by atoms with Gasteiger partial charge in [-0.3, -0.25) is 14.9 Å². The van der Waals surface area contributed by atoms with Crippen molar-refractivity contribution >= 4 is 33.2 Å². The number of nitro groups is 1. The first-order valence-corrected chi connectivity index (χ1v) is 4.26. The van der Waals surface area contributed by atoms with Crippen molar-refractivity contribution in [2.24, 2.45) is 5.73 Å². The van der Waals surface area contributed by atoms with E-state index in [0.29, 0.717) is 0 Å². The third-order valence-corrected chi connectivity index (χ3v) is 2.25. The molecule has 1 aromatic carbocycles. The average molecular weight is 260 g/mol. The van der Waals surface area contributed by atoms with Crippen LogP contribution in [0.2, 0.25) is 0 Å². The zero-order valence-electron chi connectivity index (χ0n) is 6.86. The summed E-state index contributed by atoms with van der Waals surface area (Å²) < 4.78 is 0.278. The maximum Gasteiger partial charge on any atom is 0.294 e. The molecule has 0 heterocycles. The Bertz CT molecular complexity index is 419. The van der Waals surface area contributed by atoms with E-state index in [0.717, 1.165) is 6.07 Å². The van der Waals surface area contributed by atoms with Gasteiger partial charge in [0.2, 0.25) is 5.91 Å². The number of nitro benzene ring substituents is 1. The van der Waals surface area contributed by atoms with E-state index in [1.807, 2.05) is 0 Å². The molecule has 0 aliphatic carbocycles. The number of primary amides is 1. The monoisotopic (exact) mass is 259 g/mol. The van der Waals surface area contributed by atoms with Crippen LogP contribution in [0.1, 0.15) is 10.4 Å². The number of hydrogen-bond acceptors (Lipinski definition) is 4. The molecule has 0 unspecified atom stereocenters. The summed E-state index contributed by atoms with van der Waals surface area (Å²) in [6, 6.07) is 2.38. The molecule has 0 saturated heterocycles. The number of rotatable bonds is 2. The van der Waals surface area contributed by atoms with Crippen molar-refractivity contribution in [2.45, 2.75) is 0 Å². The Hall–Kier alpha value is -1.63.